The molecule has 1 atom stereocenters. The first-order chi connectivity index (χ1) is 18.7. The molecule has 4 rings (SSSR count). The Morgan fingerprint density at radius 2 is 1.87 bits per heavy atom. The second-order valence-corrected chi connectivity index (χ2v) is 12.2. The number of nitrogens with one attached hydrogen (secondary N) is 2. The summed E-state index contributed by atoms with van der Waals surface area (Å²) in [5.41, 5.74) is 2.89. The molecule has 3 amide bonds. The van der Waals surface area contributed by atoms with Crippen LogP contribution in [0, 0.1) is 5.92 Å². The zero-order chi connectivity index (χ0) is 27.8. The number of nitrogens with zero attached hydrogens (tertiary/aromatic N) is 2. The summed E-state index contributed by atoms with van der Waals surface area (Å²) in [5, 5.41) is 8.57. The molecule has 2 aromatic rings. The number of likely N-dealkylation sites (tertiary alicyclic amines) is 1. The van der Waals surface area contributed by atoms with Gasteiger partial charge in [-0.1, -0.05) is 24.3 Å². The van der Waals surface area contributed by atoms with Crippen LogP contribution in [0.2, 0.25) is 0 Å². The lowest BCUT2D eigenvalue weighted by Gasteiger charge is -2.32. The van der Waals surface area contributed by atoms with Crippen molar-refractivity contribution in [3.8, 4) is 11.3 Å². The highest BCUT2D eigenvalue weighted by Gasteiger charge is 2.28. The van der Waals surface area contributed by atoms with Crippen molar-refractivity contribution in [2.75, 3.05) is 32.8 Å². The molecule has 1 saturated heterocycles. The van der Waals surface area contributed by atoms with E-state index in [0.29, 0.717) is 39.2 Å². The Bertz CT molecular complexity index is 1120. The van der Waals surface area contributed by atoms with E-state index in [0.717, 1.165) is 35.0 Å². The summed E-state index contributed by atoms with van der Waals surface area (Å²) in [7, 11) is 0. The summed E-state index contributed by atoms with van der Waals surface area (Å²) in [6.07, 6.45) is 4.21. The fourth-order valence-electron chi connectivity index (χ4n) is 4.52. The molecule has 0 bridgehead atoms. The number of aromatic nitrogens is 1. The summed E-state index contributed by atoms with van der Waals surface area (Å²) in [4.78, 5) is 43.5. The second kappa shape index (κ2) is 13.4. The fourth-order valence-corrected chi connectivity index (χ4v) is 5.26. The highest BCUT2D eigenvalue weighted by atomic mass is 32.1. The minimum absolute atomic E-state index is 0.0374. The van der Waals surface area contributed by atoms with Crippen LogP contribution in [0.15, 0.2) is 29.6 Å². The number of alkyl carbamates (subject to hydrolysis) is 1. The molecule has 2 heterocycles. The van der Waals surface area contributed by atoms with Crippen LogP contribution < -0.4 is 10.6 Å². The van der Waals surface area contributed by atoms with Gasteiger partial charge in [-0.05, 0) is 64.4 Å². The Morgan fingerprint density at radius 1 is 1.10 bits per heavy atom. The van der Waals surface area contributed by atoms with E-state index >= 15 is 0 Å². The van der Waals surface area contributed by atoms with Gasteiger partial charge in [0.25, 0.3) is 0 Å². The van der Waals surface area contributed by atoms with Gasteiger partial charge in [-0.25, -0.2) is 9.78 Å². The number of benzene rings is 1. The standard InChI is InChI=1S/C29H40N4O5S/c1-29(2,3)38-28(36)30-13-5-15-37-18-26(34)33-14-4-6-23(17-33)27(35)31-16-25-32-24(19-39-25)22-11-9-21(10-12-22)20-7-8-20/h9-12,19-20,23H,4-8,13-18H2,1-3H3,(H,30,36)(H,31,35)/t23-/m0/s1. The maximum Gasteiger partial charge on any atom is 0.407 e. The molecule has 2 fully saturated rings. The minimum Gasteiger partial charge on any atom is -0.444 e. The third kappa shape index (κ3) is 9.32. The van der Waals surface area contributed by atoms with E-state index in [9.17, 15) is 14.4 Å². The third-order valence-electron chi connectivity index (χ3n) is 6.72. The monoisotopic (exact) mass is 556 g/mol. The molecule has 0 spiro atoms. The Labute approximate surface area is 234 Å². The molecule has 1 aromatic heterocycles. The first kappa shape index (κ1) is 29.0. The normalized spacial score (nSPS) is 17.5. The van der Waals surface area contributed by atoms with E-state index in [2.05, 4.69) is 34.9 Å². The van der Waals surface area contributed by atoms with Crippen LogP contribution in [0.3, 0.4) is 0 Å². The van der Waals surface area contributed by atoms with Gasteiger partial charge in [-0.3, -0.25) is 9.59 Å². The highest BCUT2D eigenvalue weighted by molar-refractivity contribution is 7.09. The third-order valence-corrected chi connectivity index (χ3v) is 7.57. The predicted molar refractivity (Wildman–Crippen MR) is 150 cm³/mol. The van der Waals surface area contributed by atoms with Crippen molar-refractivity contribution in [3.05, 3.63) is 40.2 Å². The lowest BCUT2D eigenvalue weighted by Crippen LogP contribution is -2.46. The van der Waals surface area contributed by atoms with Gasteiger partial charge in [0.1, 0.15) is 17.2 Å². The number of ether oxygens (including phenoxy) is 2. The first-order valence-corrected chi connectivity index (χ1v) is 14.7. The molecule has 212 valence electrons. The lowest BCUT2D eigenvalue weighted by atomic mass is 9.97. The highest BCUT2D eigenvalue weighted by Crippen LogP contribution is 2.40. The number of thiazole rings is 1. The van der Waals surface area contributed by atoms with E-state index in [4.69, 9.17) is 14.5 Å². The number of amides is 3. The molecule has 2 aliphatic rings. The summed E-state index contributed by atoms with van der Waals surface area (Å²) in [5.74, 6) is 0.325. The number of hydrogen-bond acceptors (Lipinski definition) is 7. The average molecular weight is 557 g/mol. The molecule has 39 heavy (non-hydrogen) atoms. The van der Waals surface area contributed by atoms with E-state index in [1.165, 1.54) is 18.4 Å². The molecule has 9 nitrogen and oxygen atoms in total. The Hall–Kier alpha value is -2.98. The van der Waals surface area contributed by atoms with Crippen molar-refractivity contribution in [2.24, 2.45) is 5.92 Å². The molecule has 2 N–H and O–H groups in total. The van der Waals surface area contributed by atoms with Crippen molar-refractivity contribution in [3.63, 3.8) is 0 Å². The molecule has 1 saturated carbocycles. The molecule has 0 unspecified atom stereocenters. The van der Waals surface area contributed by atoms with E-state index in [1.54, 1.807) is 16.2 Å². The maximum atomic E-state index is 12.8. The van der Waals surface area contributed by atoms with Crippen molar-refractivity contribution in [1.29, 1.82) is 0 Å². The molecule has 1 aliphatic carbocycles. The summed E-state index contributed by atoms with van der Waals surface area (Å²) < 4.78 is 10.7. The zero-order valence-electron chi connectivity index (χ0n) is 23.2. The predicted octanol–water partition coefficient (Wildman–Crippen LogP) is 4.47. The number of carbonyl (C=O) groups excluding carboxylic acids is 3. The molecular weight excluding hydrogens is 516 g/mol. The van der Waals surface area contributed by atoms with Gasteiger partial charge in [0.15, 0.2) is 0 Å². The van der Waals surface area contributed by atoms with Crippen molar-refractivity contribution in [1.82, 2.24) is 20.5 Å². The summed E-state index contributed by atoms with van der Waals surface area (Å²) in [6.45, 7) is 7.54. The molecule has 1 aromatic carbocycles. The van der Waals surface area contributed by atoms with E-state index in [-0.39, 0.29) is 24.3 Å². The summed E-state index contributed by atoms with van der Waals surface area (Å²) >= 11 is 1.54. The number of carbonyl (C=O) groups is 3. The number of piperidine rings is 1. The van der Waals surface area contributed by atoms with Crippen LogP contribution in [-0.2, 0) is 25.6 Å². The second-order valence-electron chi connectivity index (χ2n) is 11.3. The topological polar surface area (TPSA) is 110 Å². The quantitative estimate of drug-likeness (QED) is 0.395. The van der Waals surface area contributed by atoms with Crippen molar-refractivity contribution in [2.45, 2.75) is 70.9 Å². The average Bonchev–Trinajstić information content (AvgIpc) is 3.65. The van der Waals surface area contributed by atoms with Gasteiger partial charge < -0.3 is 25.0 Å². The lowest BCUT2D eigenvalue weighted by molar-refractivity contribution is -0.139. The van der Waals surface area contributed by atoms with Crippen LogP contribution >= 0.6 is 11.3 Å². The number of hydrogen-bond donors (Lipinski definition) is 2. The van der Waals surface area contributed by atoms with Gasteiger partial charge in [-0.2, -0.15) is 0 Å². The zero-order valence-corrected chi connectivity index (χ0v) is 24.0. The Kier molecular flexibility index (Phi) is 9.96. The Morgan fingerprint density at radius 3 is 2.59 bits per heavy atom. The van der Waals surface area contributed by atoms with Crippen molar-refractivity contribution < 1.29 is 23.9 Å². The SMILES string of the molecule is CC(C)(C)OC(=O)NCCCOCC(=O)N1CCC[C@H](C(=O)NCc2nc(-c3ccc(C4CC4)cc3)cs2)C1. The van der Waals surface area contributed by atoms with E-state index in [1.807, 2.05) is 26.2 Å². The van der Waals surface area contributed by atoms with E-state index < -0.39 is 11.7 Å². The molecular formula is C29H40N4O5S. The van der Waals surface area contributed by atoms with Gasteiger partial charge >= 0.3 is 6.09 Å². The smallest absolute Gasteiger partial charge is 0.407 e. The molecule has 1 aliphatic heterocycles. The van der Waals surface area contributed by atoms with Gasteiger partial charge in [0.2, 0.25) is 11.8 Å². The maximum absolute atomic E-state index is 12.8. The number of rotatable bonds is 11. The van der Waals surface area contributed by atoms with Crippen LogP contribution in [0.4, 0.5) is 4.79 Å². The molecule has 10 heteroatoms. The van der Waals surface area contributed by atoms with Gasteiger partial charge in [0.05, 0.1) is 18.2 Å². The van der Waals surface area contributed by atoms with Crippen LogP contribution in [0.25, 0.3) is 11.3 Å². The Balaban J connectivity index is 1.13. The van der Waals surface area contributed by atoms with Gasteiger partial charge in [0, 0.05) is 37.2 Å². The minimum atomic E-state index is -0.539. The van der Waals surface area contributed by atoms with Crippen molar-refractivity contribution >= 4 is 29.2 Å². The first-order valence-electron chi connectivity index (χ1n) is 13.8. The van der Waals surface area contributed by atoms with Crippen LogP contribution in [0.5, 0.6) is 0 Å². The van der Waals surface area contributed by atoms with Crippen LogP contribution in [-0.4, -0.2) is 66.2 Å². The largest absolute Gasteiger partial charge is 0.444 e. The fraction of sp³-hybridized carbons (Fsp3) is 0.586. The summed E-state index contributed by atoms with van der Waals surface area (Å²) in [6, 6.07) is 8.64. The van der Waals surface area contributed by atoms with Gasteiger partial charge in [-0.15, -0.1) is 11.3 Å². The molecule has 0 radical (unpaired) electrons. The van der Waals surface area contributed by atoms with Crippen LogP contribution in [0.1, 0.15) is 69.4 Å².